The first-order chi connectivity index (χ1) is 14.6. The Morgan fingerprint density at radius 3 is 2.45 bits per heavy atom. The second-order valence-electron chi connectivity index (χ2n) is 8.23. The highest BCUT2D eigenvalue weighted by Gasteiger charge is 2.22. The number of carbonyl (C=O) groups excluding carboxylic acids is 2. The van der Waals surface area contributed by atoms with Gasteiger partial charge in [0.15, 0.2) is 9.84 Å². The predicted octanol–water partition coefficient (Wildman–Crippen LogP) is 3.32. The molecule has 1 fully saturated rings. The number of rotatable bonds is 6. The van der Waals surface area contributed by atoms with Gasteiger partial charge in [0.25, 0.3) is 5.91 Å². The number of hydrogen-bond acceptors (Lipinski definition) is 5. The molecule has 1 aliphatic rings. The van der Waals surface area contributed by atoms with Crippen LogP contribution < -0.4 is 10.6 Å². The van der Waals surface area contributed by atoms with Crippen molar-refractivity contribution < 1.29 is 18.0 Å². The Kier molecular flexibility index (Phi) is 7.00. The average molecular weight is 444 g/mol. The van der Waals surface area contributed by atoms with E-state index in [1.807, 2.05) is 24.0 Å². The third-order valence-electron chi connectivity index (χ3n) is 5.42. The van der Waals surface area contributed by atoms with Gasteiger partial charge in [-0.1, -0.05) is 6.92 Å². The Morgan fingerprint density at radius 1 is 1.13 bits per heavy atom. The minimum atomic E-state index is -3.27. The predicted molar refractivity (Wildman–Crippen MR) is 122 cm³/mol. The van der Waals surface area contributed by atoms with E-state index in [4.69, 9.17) is 0 Å². The van der Waals surface area contributed by atoms with Crippen LogP contribution >= 0.6 is 0 Å². The van der Waals surface area contributed by atoms with E-state index in [-0.39, 0.29) is 23.3 Å². The van der Waals surface area contributed by atoms with Crippen molar-refractivity contribution in [2.45, 2.75) is 31.6 Å². The minimum absolute atomic E-state index is 0.0472. The average Bonchev–Trinajstić information content (AvgIpc) is 2.72. The minimum Gasteiger partial charge on any atom is -0.376 e. The summed E-state index contributed by atoms with van der Waals surface area (Å²) in [5.41, 5.74) is 2.85. The largest absolute Gasteiger partial charge is 0.376 e. The first-order valence-electron chi connectivity index (χ1n) is 10.4. The van der Waals surface area contributed by atoms with Crippen LogP contribution in [0.4, 0.5) is 11.4 Å². The monoisotopic (exact) mass is 443 g/mol. The number of nitrogens with one attached hydrogen (secondary N) is 2. The molecular weight excluding hydrogens is 414 g/mol. The highest BCUT2D eigenvalue weighted by molar-refractivity contribution is 7.90. The van der Waals surface area contributed by atoms with Crippen LogP contribution in [0.25, 0.3) is 0 Å². The molecule has 8 heteroatoms. The highest BCUT2D eigenvalue weighted by atomic mass is 32.2. The van der Waals surface area contributed by atoms with Gasteiger partial charge < -0.3 is 15.5 Å². The van der Waals surface area contributed by atoms with Crippen LogP contribution in [0, 0.1) is 12.8 Å². The highest BCUT2D eigenvalue weighted by Crippen LogP contribution is 2.21. The molecule has 1 atom stereocenters. The first-order valence-corrected chi connectivity index (χ1v) is 12.3. The van der Waals surface area contributed by atoms with Crippen molar-refractivity contribution in [3.8, 4) is 0 Å². The summed E-state index contributed by atoms with van der Waals surface area (Å²) in [7, 11) is -3.27. The normalized spacial score (nSPS) is 16.6. The number of likely N-dealkylation sites (tertiary alicyclic amines) is 1. The number of amides is 2. The Labute approximate surface area is 183 Å². The van der Waals surface area contributed by atoms with Crippen LogP contribution in [0.15, 0.2) is 47.4 Å². The first kappa shape index (κ1) is 22.8. The van der Waals surface area contributed by atoms with Gasteiger partial charge in [0.2, 0.25) is 5.91 Å². The molecule has 0 aliphatic carbocycles. The summed E-state index contributed by atoms with van der Waals surface area (Å²) < 4.78 is 23.0. The summed E-state index contributed by atoms with van der Waals surface area (Å²) in [5, 5.41) is 5.82. The molecule has 31 heavy (non-hydrogen) atoms. The lowest BCUT2D eigenvalue weighted by Crippen LogP contribution is -2.39. The van der Waals surface area contributed by atoms with Crippen LogP contribution in [-0.2, 0) is 14.6 Å². The zero-order chi connectivity index (χ0) is 22.6. The van der Waals surface area contributed by atoms with Gasteiger partial charge in [0.1, 0.15) is 0 Å². The van der Waals surface area contributed by atoms with E-state index < -0.39 is 9.84 Å². The molecule has 166 valence electrons. The van der Waals surface area contributed by atoms with Gasteiger partial charge in [-0.25, -0.2) is 8.42 Å². The zero-order valence-corrected chi connectivity index (χ0v) is 19.0. The fraction of sp³-hybridized carbons (Fsp3) is 0.391. The Morgan fingerprint density at radius 2 is 1.84 bits per heavy atom. The lowest BCUT2D eigenvalue weighted by molar-refractivity contribution is -0.114. The molecule has 1 heterocycles. The van der Waals surface area contributed by atoms with Crippen LogP contribution in [0.5, 0.6) is 0 Å². The van der Waals surface area contributed by atoms with Gasteiger partial charge in [0.05, 0.1) is 11.4 Å². The lowest BCUT2D eigenvalue weighted by Gasteiger charge is -2.31. The van der Waals surface area contributed by atoms with E-state index >= 15 is 0 Å². The molecule has 1 unspecified atom stereocenters. The number of hydrogen-bond donors (Lipinski definition) is 2. The number of nitrogens with zero attached hydrogens (tertiary/aromatic N) is 1. The quantitative estimate of drug-likeness (QED) is 0.714. The van der Waals surface area contributed by atoms with E-state index in [0.29, 0.717) is 17.2 Å². The molecule has 0 bridgehead atoms. The third kappa shape index (κ3) is 6.07. The van der Waals surface area contributed by atoms with Crippen molar-refractivity contribution in [1.29, 1.82) is 0 Å². The third-order valence-corrected chi connectivity index (χ3v) is 6.55. The van der Waals surface area contributed by atoms with Crippen molar-refractivity contribution in [1.82, 2.24) is 4.90 Å². The lowest BCUT2D eigenvalue weighted by atomic mass is 9.99. The van der Waals surface area contributed by atoms with Gasteiger partial charge in [0, 0.05) is 36.3 Å². The number of benzene rings is 2. The van der Waals surface area contributed by atoms with Crippen molar-refractivity contribution in [2.24, 2.45) is 5.92 Å². The maximum atomic E-state index is 12.8. The maximum Gasteiger partial charge on any atom is 0.253 e. The molecule has 3 rings (SSSR count). The van der Waals surface area contributed by atoms with Crippen LogP contribution in [0.3, 0.4) is 0 Å². The van der Waals surface area contributed by atoms with Crippen LogP contribution in [-0.4, -0.2) is 51.0 Å². The van der Waals surface area contributed by atoms with E-state index in [2.05, 4.69) is 17.6 Å². The van der Waals surface area contributed by atoms with Gasteiger partial charge in [-0.15, -0.1) is 0 Å². The fourth-order valence-electron chi connectivity index (χ4n) is 3.72. The van der Waals surface area contributed by atoms with Crippen molar-refractivity contribution >= 4 is 33.0 Å². The Balaban J connectivity index is 1.56. The fourth-order valence-corrected chi connectivity index (χ4v) is 4.35. The topological polar surface area (TPSA) is 95.6 Å². The SMILES string of the molecule is Cc1cc(C(=O)N2CCCC(C)C2)ccc1NCC(=O)Nc1ccc(S(C)(=O)=O)cc1. The molecule has 2 aromatic carbocycles. The number of carbonyl (C=O) groups is 2. The number of anilines is 2. The molecule has 0 saturated carbocycles. The van der Waals surface area contributed by atoms with E-state index in [9.17, 15) is 18.0 Å². The zero-order valence-electron chi connectivity index (χ0n) is 18.1. The molecule has 0 radical (unpaired) electrons. The molecule has 7 nitrogen and oxygen atoms in total. The summed E-state index contributed by atoms with van der Waals surface area (Å²) >= 11 is 0. The molecule has 0 spiro atoms. The van der Waals surface area contributed by atoms with Gasteiger partial charge in [-0.3, -0.25) is 9.59 Å². The second-order valence-corrected chi connectivity index (χ2v) is 10.2. The summed E-state index contributed by atoms with van der Waals surface area (Å²) in [6.45, 7) is 5.71. The summed E-state index contributed by atoms with van der Waals surface area (Å²) in [5.74, 6) is 0.325. The van der Waals surface area contributed by atoms with Gasteiger partial charge in [-0.2, -0.15) is 0 Å². The van der Waals surface area contributed by atoms with E-state index in [1.54, 1.807) is 18.2 Å². The molecule has 1 saturated heterocycles. The molecule has 2 aromatic rings. The Bertz CT molecular complexity index is 1060. The smallest absolute Gasteiger partial charge is 0.253 e. The summed E-state index contributed by atoms with van der Waals surface area (Å²) in [4.78, 5) is 27.1. The maximum absolute atomic E-state index is 12.8. The summed E-state index contributed by atoms with van der Waals surface area (Å²) in [6, 6.07) is 11.5. The molecule has 2 N–H and O–H groups in total. The van der Waals surface area contributed by atoms with E-state index in [1.165, 1.54) is 12.1 Å². The van der Waals surface area contributed by atoms with Crippen molar-refractivity contribution in [3.63, 3.8) is 0 Å². The summed E-state index contributed by atoms with van der Waals surface area (Å²) in [6.07, 6.45) is 3.34. The van der Waals surface area contributed by atoms with Crippen LogP contribution in [0.2, 0.25) is 0 Å². The number of aryl methyl sites for hydroxylation is 1. The van der Waals surface area contributed by atoms with Crippen LogP contribution in [0.1, 0.15) is 35.7 Å². The van der Waals surface area contributed by atoms with Gasteiger partial charge in [-0.05, 0) is 73.7 Å². The van der Waals surface area contributed by atoms with Crippen molar-refractivity contribution in [3.05, 3.63) is 53.6 Å². The number of piperidine rings is 1. The molecule has 0 aromatic heterocycles. The molecule has 1 aliphatic heterocycles. The number of sulfone groups is 1. The second kappa shape index (κ2) is 9.51. The van der Waals surface area contributed by atoms with Gasteiger partial charge >= 0.3 is 0 Å². The van der Waals surface area contributed by atoms with Crippen molar-refractivity contribution in [2.75, 3.05) is 36.5 Å². The van der Waals surface area contributed by atoms with E-state index in [0.717, 1.165) is 43.4 Å². The standard InChI is InChI=1S/C23H29N3O4S/c1-16-5-4-12-26(15-16)23(28)18-6-11-21(17(2)13-18)24-14-22(27)25-19-7-9-20(10-8-19)31(3,29)30/h6-11,13,16,24H,4-5,12,14-15H2,1-3H3,(H,25,27). The molecule has 2 amide bonds. The molecular formula is C23H29N3O4S. The Hall–Kier alpha value is -2.87.